The Balaban J connectivity index is 1.17. The number of benzene rings is 4. The first kappa shape index (κ1) is 28.3. The van der Waals surface area contributed by atoms with E-state index in [0.29, 0.717) is 25.0 Å². The first-order valence-electron chi connectivity index (χ1n) is 15.1. The SMILES string of the molecule is O=C(NC1CCCCC1)c1cccc(/C=C/c2cccc3c(CCCOc4cccc5ccccc45)c(C(=O)O)[nH]c23)c1. The molecule has 0 spiro atoms. The molecule has 1 amide bonds. The summed E-state index contributed by atoms with van der Waals surface area (Å²) in [6.07, 6.45) is 10.8. The van der Waals surface area contributed by atoms with Crippen LogP contribution in [0.25, 0.3) is 33.8 Å². The van der Waals surface area contributed by atoms with E-state index in [-0.39, 0.29) is 17.6 Å². The average Bonchev–Trinajstić information content (AvgIpc) is 3.42. The van der Waals surface area contributed by atoms with Crippen molar-refractivity contribution in [3.05, 3.63) is 113 Å². The normalized spacial score (nSPS) is 14.0. The zero-order valence-corrected chi connectivity index (χ0v) is 24.1. The van der Waals surface area contributed by atoms with Gasteiger partial charge in [0.15, 0.2) is 0 Å². The van der Waals surface area contributed by atoms with E-state index < -0.39 is 5.97 Å². The third-order valence-corrected chi connectivity index (χ3v) is 8.31. The van der Waals surface area contributed by atoms with Crippen LogP contribution in [-0.4, -0.2) is 34.6 Å². The number of carbonyl (C=O) groups is 2. The lowest BCUT2D eigenvalue weighted by Crippen LogP contribution is -2.36. The molecule has 0 radical (unpaired) electrons. The number of H-pyrrole nitrogens is 1. The first-order chi connectivity index (χ1) is 21.1. The van der Waals surface area contributed by atoms with Crippen molar-refractivity contribution < 1.29 is 19.4 Å². The highest BCUT2D eigenvalue weighted by Gasteiger charge is 2.19. The van der Waals surface area contributed by atoms with Crippen molar-refractivity contribution in [2.24, 2.45) is 0 Å². The Bertz CT molecular complexity index is 1790. The van der Waals surface area contributed by atoms with Gasteiger partial charge in [0.1, 0.15) is 11.4 Å². The van der Waals surface area contributed by atoms with Gasteiger partial charge in [-0.15, -0.1) is 0 Å². The number of rotatable bonds is 10. The van der Waals surface area contributed by atoms with Gasteiger partial charge in [-0.25, -0.2) is 4.79 Å². The Hall–Kier alpha value is -4.84. The lowest BCUT2D eigenvalue weighted by Gasteiger charge is -2.22. The third kappa shape index (κ3) is 6.49. The molecular formula is C37H36N2O4. The molecule has 6 heteroatoms. The predicted octanol–water partition coefficient (Wildman–Crippen LogP) is 8.26. The zero-order chi connectivity index (χ0) is 29.6. The van der Waals surface area contributed by atoms with Gasteiger partial charge in [-0.1, -0.05) is 98.1 Å². The van der Waals surface area contributed by atoms with Crippen LogP contribution in [-0.2, 0) is 6.42 Å². The smallest absolute Gasteiger partial charge is 0.352 e. The molecule has 218 valence electrons. The summed E-state index contributed by atoms with van der Waals surface area (Å²) in [5.74, 6) is -0.181. The molecule has 0 bridgehead atoms. The highest BCUT2D eigenvalue weighted by atomic mass is 16.5. The summed E-state index contributed by atoms with van der Waals surface area (Å²) >= 11 is 0. The number of aromatic carboxylic acids is 1. The lowest BCUT2D eigenvalue weighted by atomic mass is 9.95. The number of ether oxygens (including phenoxy) is 1. The fraction of sp³-hybridized carbons (Fsp3) is 0.243. The van der Waals surface area contributed by atoms with E-state index >= 15 is 0 Å². The summed E-state index contributed by atoms with van der Waals surface area (Å²) in [4.78, 5) is 28.2. The van der Waals surface area contributed by atoms with Crippen LogP contribution in [0, 0.1) is 0 Å². The summed E-state index contributed by atoms with van der Waals surface area (Å²) in [6, 6.07) is 27.9. The highest BCUT2D eigenvalue weighted by Crippen LogP contribution is 2.29. The number of hydrogen-bond acceptors (Lipinski definition) is 3. The predicted molar refractivity (Wildman–Crippen MR) is 173 cm³/mol. The fourth-order valence-corrected chi connectivity index (χ4v) is 6.12. The first-order valence-corrected chi connectivity index (χ1v) is 15.1. The number of amides is 1. The molecule has 6 rings (SSSR count). The molecule has 0 unspecified atom stereocenters. The van der Waals surface area contributed by atoms with E-state index in [1.165, 1.54) is 19.3 Å². The van der Waals surface area contributed by atoms with Crippen LogP contribution in [0.1, 0.15) is 76.1 Å². The number of nitrogens with one attached hydrogen (secondary N) is 2. The monoisotopic (exact) mass is 572 g/mol. The van der Waals surface area contributed by atoms with Gasteiger partial charge in [0.05, 0.1) is 12.1 Å². The van der Waals surface area contributed by atoms with Gasteiger partial charge in [-0.05, 0) is 66.0 Å². The topological polar surface area (TPSA) is 91.4 Å². The van der Waals surface area contributed by atoms with Gasteiger partial charge >= 0.3 is 5.97 Å². The van der Waals surface area contributed by atoms with Crippen molar-refractivity contribution in [1.29, 1.82) is 0 Å². The zero-order valence-electron chi connectivity index (χ0n) is 24.1. The van der Waals surface area contributed by atoms with Gasteiger partial charge in [-0.3, -0.25) is 4.79 Å². The fourth-order valence-electron chi connectivity index (χ4n) is 6.12. The van der Waals surface area contributed by atoms with Crippen molar-refractivity contribution >= 4 is 45.7 Å². The minimum Gasteiger partial charge on any atom is -0.493 e. The number of hydrogen-bond donors (Lipinski definition) is 3. The number of para-hydroxylation sites is 1. The molecule has 0 aliphatic heterocycles. The number of carboxylic acids is 1. The van der Waals surface area contributed by atoms with E-state index in [0.717, 1.165) is 57.0 Å². The molecule has 4 aromatic carbocycles. The van der Waals surface area contributed by atoms with Crippen LogP contribution in [0.4, 0.5) is 0 Å². The Kier molecular flexibility index (Phi) is 8.55. The molecule has 1 heterocycles. The highest BCUT2D eigenvalue weighted by molar-refractivity contribution is 6.01. The van der Waals surface area contributed by atoms with Crippen LogP contribution >= 0.6 is 0 Å². The van der Waals surface area contributed by atoms with E-state index in [4.69, 9.17) is 4.74 Å². The molecule has 0 atom stereocenters. The van der Waals surface area contributed by atoms with Crippen molar-refractivity contribution in [2.45, 2.75) is 51.0 Å². The third-order valence-electron chi connectivity index (χ3n) is 8.31. The molecule has 1 aromatic heterocycles. The Morgan fingerprint density at radius 3 is 2.51 bits per heavy atom. The minimum absolute atomic E-state index is 0.0335. The second-order valence-corrected chi connectivity index (χ2v) is 11.2. The van der Waals surface area contributed by atoms with Gasteiger partial charge in [0, 0.05) is 22.4 Å². The molecule has 1 saturated carbocycles. The quantitative estimate of drug-likeness (QED) is 0.116. The number of aryl methyl sites for hydroxylation is 1. The van der Waals surface area contributed by atoms with Crippen molar-refractivity contribution in [3.63, 3.8) is 0 Å². The molecule has 5 aromatic rings. The van der Waals surface area contributed by atoms with Crippen molar-refractivity contribution in [1.82, 2.24) is 10.3 Å². The molecule has 3 N–H and O–H groups in total. The molecule has 0 saturated heterocycles. The summed E-state index contributed by atoms with van der Waals surface area (Å²) in [6.45, 7) is 0.476. The van der Waals surface area contributed by atoms with Crippen LogP contribution in [0.2, 0.25) is 0 Å². The Morgan fingerprint density at radius 2 is 1.65 bits per heavy atom. The maximum Gasteiger partial charge on any atom is 0.352 e. The van der Waals surface area contributed by atoms with E-state index in [2.05, 4.69) is 22.4 Å². The molecule has 1 aliphatic rings. The van der Waals surface area contributed by atoms with E-state index in [1.54, 1.807) is 0 Å². The minimum atomic E-state index is -0.979. The maximum absolute atomic E-state index is 12.9. The van der Waals surface area contributed by atoms with E-state index in [9.17, 15) is 14.7 Å². The molecule has 1 fully saturated rings. The Morgan fingerprint density at radius 1 is 0.884 bits per heavy atom. The van der Waals surface area contributed by atoms with Crippen LogP contribution in [0.3, 0.4) is 0 Å². The number of carbonyl (C=O) groups excluding carboxylic acids is 1. The molecule has 43 heavy (non-hydrogen) atoms. The van der Waals surface area contributed by atoms with E-state index in [1.807, 2.05) is 84.9 Å². The largest absolute Gasteiger partial charge is 0.493 e. The average molecular weight is 573 g/mol. The van der Waals surface area contributed by atoms with Crippen molar-refractivity contribution in [2.75, 3.05) is 6.61 Å². The second kappa shape index (κ2) is 13.0. The van der Waals surface area contributed by atoms with Crippen LogP contribution in [0.5, 0.6) is 5.75 Å². The second-order valence-electron chi connectivity index (χ2n) is 11.2. The van der Waals surface area contributed by atoms with Gasteiger partial charge in [0.2, 0.25) is 0 Å². The van der Waals surface area contributed by atoms with Gasteiger partial charge in [0.25, 0.3) is 5.91 Å². The van der Waals surface area contributed by atoms with Crippen LogP contribution in [0.15, 0.2) is 84.9 Å². The summed E-state index contributed by atoms with van der Waals surface area (Å²) in [5.41, 5.74) is 4.21. The van der Waals surface area contributed by atoms with Gasteiger partial charge < -0.3 is 20.1 Å². The summed E-state index contributed by atoms with van der Waals surface area (Å²) < 4.78 is 6.11. The number of carboxylic acid groups (broad SMARTS) is 1. The molecular weight excluding hydrogens is 536 g/mol. The van der Waals surface area contributed by atoms with Crippen molar-refractivity contribution in [3.8, 4) is 5.75 Å². The Labute approximate surface area is 251 Å². The lowest BCUT2D eigenvalue weighted by molar-refractivity contribution is 0.0690. The number of aromatic amines is 1. The van der Waals surface area contributed by atoms with Gasteiger partial charge in [-0.2, -0.15) is 0 Å². The number of aromatic nitrogens is 1. The standard InChI is InChI=1S/C37H36N2O4/c40-36(38-29-15-2-1-3-16-29)28-14-6-10-25(24-28)21-22-27-13-7-18-31-32(35(37(41)42)39-34(27)31)19-9-23-43-33-20-8-12-26-11-4-5-17-30(26)33/h4-8,10-14,17-18,20-22,24,29,39H,1-3,9,15-16,19,23H2,(H,38,40)(H,41,42)/b22-21+. The summed E-state index contributed by atoms with van der Waals surface area (Å²) in [5, 5.41) is 16.3. The molecule has 6 nitrogen and oxygen atoms in total. The maximum atomic E-state index is 12.9. The summed E-state index contributed by atoms with van der Waals surface area (Å²) in [7, 11) is 0. The number of fused-ring (bicyclic) bond motifs is 2. The molecule has 1 aliphatic carbocycles. The van der Waals surface area contributed by atoms with Crippen LogP contribution < -0.4 is 10.1 Å².